The van der Waals surface area contributed by atoms with Crippen molar-refractivity contribution in [1.82, 2.24) is 0 Å². The molecule has 0 aliphatic carbocycles. The van der Waals surface area contributed by atoms with Gasteiger partial charge in [0.05, 0.1) is 16.3 Å². The number of hydrogen-bond acceptors (Lipinski definition) is 2. The first kappa shape index (κ1) is 12.3. The van der Waals surface area contributed by atoms with Gasteiger partial charge in [-0.25, -0.2) is 0 Å². The van der Waals surface area contributed by atoms with E-state index in [4.69, 9.17) is 11.6 Å². The van der Waals surface area contributed by atoms with Gasteiger partial charge in [0.25, 0.3) is 0 Å². The standard InChI is InChI=1S/C14H17ClN2/c1-3-11-8-7-10(2)17(11)14-6-4-5-13(15)12(14)9-16/h4-6,10-11H,3,7-8H2,1-2H3. The maximum absolute atomic E-state index is 9.24. The van der Waals surface area contributed by atoms with Crippen LogP contribution in [0.3, 0.4) is 0 Å². The van der Waals surface area contributed by atoms with Gasteiger partial charge in [0.15, 0.2) is 0 Å². The SMILES string of the molecule is CCC1CCC(C)N1c1cccc(Cl)c1C#N. The van der Waals surface area contributed by atoms with Gasteiger partial charge in [0.2, 0.25) is 0 Å². The van der Waals surface area contributed by atoms with E-state index in [0.29, 0.717) is 22.7 Å². The third-order valence-corrected chi connectivity index (χ3v) is 3.95. The Morgan fingerprint density at radius 3 is 2.88 bits per heavy atom. The van der Waals surface area contributed by atoms with Crippen molar-refractivity contribution in [2.75, 3.05) is 4.90 Å². The molecule has 0 radical (unpaired) electrons. The number of nitriles is 1. The minimum Gasteiger partial charge on any atom is -0.365 e. The second-order valence-corrected chi connectivity index (χ2v) is 5.05. The second-order valence-electron chi connectivity index (χ2n) is 4.64. The van der Waals surface area contributed by atoms with E-state index < -0.39 is 0 Å². The van der Waals surface area contributed by atoms with Gasteiger partial charge in [0, 0.05) is 12.1 Å². The van der Waals surface area contributed by atoms with Crippen LogP contribution in [-0.2, 0) is 0 Å². The lowest BCUT2D eigenvalue weighted by Crippen LogP contribution is -2.34. The average molecular weight is 249 g/mol. The van der Waals surface area contributed by atoms with E-state index >= 15 is 0 Å². The first-order valence-electron chi connectivity index (χ1n) is 6.16. The Balaban J connectivity index is 2.46. The van der Waals surface area contributed by atoms with Crippen LogP contribution in [0.15, 0.2) is 18.2 Å². The number of rotatable bonds is 2. The van der Waals surface area contributed by atoms with Gasteiger partial charge in [-0.15, -0.1) is 0 Å². The van der Waals surface area contributed by atoms with E-state index in [0.717, 1.165) is 12.1 Å². The third kappa shape index (κ3) is 2.12. The molecule has 2 nitrogen and oxygen atoms in total. The Labute approximate surface area is 108 Å². The zero-order chi connectivity index (χ0) is 12.4. The van der Waals surface area contributed by atoms with E-state index in [1.54, 1.807) is 6.07 Å². The predicted octanol–water partition coefficient (Wildman–Crippen LogP) is 3.98. The molecule has 2 unspecified atom stereocenters. The fourth-order valence-corrected chi connectivity index (χ4v) is 2.96. The van der Waals surface area contributed by atoms with Crippen molar-refractivity contribution in [1.29, 1.82) is 5.26 Å². The normalized spacial score (nSPS) is 23.8. The molecule has 0 saturated carbocycles. The summed E-state index contributed by atoms with van der Waals surface area (Å²) in [4.78, 5) is 2.37. The van der Waals surface area contributed by atoms with E-state index in [1.165, 1.54) is 12.8 Å². The van der Waals surface area contributed by atoms with Gasteiger partial charge in [-0.1, -0.05) is 24.6 Å². The molecule has 1 fully saturated rings. The lowest BCUT2D eigenvalue weighted by atomic mass is 10.1. The zero-order valence-electron chi connectivity index (χ0n) is 10.3. The van der Waals surface area contributed by atoms with Gasteiger partial charge in [0.1, 0.15) is 6.07 Å². The fourth-order valence-electron chi connectivity index (χ4n) is 2.75. The minimum absolute atomic E-state index is 0.491. The monoisotopic (exact) mass is 248 g/mol. The van der Waals surface area contributed by atoms with Gasteiger partial charge < -0.3 is 4.90 Å². The molecule has 1 heterocycles. The van der Waals surface area contributed by atoms with Gasteiger partial charge in [-0.2, -0.15) is 5.26 Å². The quantitative estimate of drug-likeness (QED) is 0.792. The van der Waals surface area contributed by atoms with Crippen LogP contribution in [0.1, 0.15) is 38.7 Å². The molecule has 1 aromatic carbocycles. The Morgan fingerprint density at radius 2 is 2.24 bits per heavy atom. The molecule has 1 aliphatic rings. The highest BCUT2D eigenvalue weighted by molar-refractivity contribution is 6.32. The molecule has 2 rings (SSSR count). The molecule has 0 N–H and O–H groups in total. The molecular formula is C14H17ClN2. The topological polar surface area (TPSA) is 27.0 Å². The molecule has 0 spiro atoms. The number of hydrogen-bond donors (Lipinski definition) is 0. The van der Waals surface area contributed by atoms with Crippen molar-refractivity contribution in [3.05, 3.63) is 28.8 Å². The Bertz CT molecular complexity index is 450. The summed E-state index contributed by atoms with van der Waals surface area (Å²) in [6.45, 7) is 4.42. The van der Waals surface area contributed by atoms with Crippen LogP contribution in [0.2, 0.25) is 5.02 Å². The maximum atomic E-state index is 9.24. The first-order valence-corrected chi connectivity index (χ1v) is 6.53. The lowest BCUT2D eigenvalue weighted by Gasteiger charge is -2.31. The van der Waals surface area contributed by atoms with Crippen LogP contribution in [-0.4, -0.2) is 12.1 Å². The molecular weight excluding hydrogens is 232 g/mol. The van der Waals surface area contributed by atoms with Crippen LogP contribution in [0, 0.1) is 11.3 Å². The summed E-state index contributed by atoms with van der Waals surface area (Å²) in [6, 6.07) is 8.98. The summed E-state index contributed by atoms with van der Waals surface area (Å²) in [6.07, 6.45) is 3.51. The molecule has 1 aliphatic heterocycles. The van der Waals surface area contributed by atoms with Crippen molar-refractivity contribution in [2.45, 2.75) is 45.2 Å². The number of benzene rings is 1. The van der Waals surface area contributed by atoms with E-state index in [2.05, 4.69) is 24.8 Å². The largest absolute Gasteiger partial charge is 0.365 e. The summed E-state index contributed by atoms with van der Waals surface area (Å²) < 4.78 is 0. The van der Waals surface area contributed by atoms with Crippen LogP contribution < -0.4 is 4.90 Å². The highest BCUT2D eigenvalue weighted by atomic mass is 35.5. The Morgan fingerprint density at radius 1 is 1.47 bits per heavy atom. The smallest absolute Gasteiger partial charge is 0.103 e. The Hall–Kier alpha value is -1.20. The molecule has 0 bridgehead atoms. The minimum atomic E-state index is 0.491. The summed E-state index contributed by atoms with van der Waals surface area (Å²) in [5, 5.41) is 9.80. The van der Waals surface area contributed by atoms with Crippen LogP contribution in [0.25, 0.3) is 0 Å². The van der Waals surface area contributed by atoms with Crippen molar-refractivity contribution >= 4 is 17.3 Å². The van der Waals surface area contributed by atoms with Crippen LogP contribution in [0.5, 0.6) is 0 Å². The zero-order valence-corrected chi connectivity index (χ0v) is 11.0. The van der Waals surface area contributed by atoms with Crippen molar-refractivity contribution in [3.8, 4) is 6.07 Å². The molecule has 1 saturated heterocycles. The van der Waals surface area contributed by atoms with Crippen molar-refractivity contribution < 1.29 is 0 Å². The predicted molar refractivity (Wildman–Crippen MR) is 71.4 cm³/mol. The van der Waals surface area contributed by atoms with E-state index in [1.807, 2.05) is 12.1 Å². The average Bonchev–Trinajstić information content (AvgIpc) is 2.70. The highest BCUT2D eigenvalue weighted by Crippen LogP contribution is 2.36. The third-order valence-electron chi connectivity index (χ3n) is 3.64. The number of anilines is 1. The number of halogens is 1. The lowest BCUT2D eigenvalue weighted by molar-refractivity contribution is 0.627. The van der Waals surface area contributed by atoms with E-state index in [9.17, 15) is 5.26 Å². The molecule has 2 atom stereocenters. The summed E-state index contributed by atoms with van der Waals surface area (Å²) >= 11 is 6.10. The molecule has 17 heavy (non-hydrogen) atoms. The van der Waals surface area contributed by atoms with Crippen LogP contribution >= 0.6 is 11.6 Å². The maximum Gasteiger partial charge on any atom is 0.103 e. The van der Waals surface area contributed by atoms with Gasteiger partial charge >= 0.3 is 0 Å². The van der Waals surface area contributed by atoms with Crippen LogP contribution in [0.4, 0.5) is 5.69 Å². The first-order chi connectivity index (χ1) is 8.19. The van der Waals surface area contributed by atoms with E-state index in [-0.39, 0.29) is 0 Å². The molecule has 90 valence electrons. The summed E-state index contributed by atoms with van der Waals surface area (Å²) in [7, 11) is 0. The van der Waals surface area contributed by atoms with Crippen molar-refractivity contribution in [3.63, 3.8) is 0 Å². The molecule has 1 aromatic rings. The molecule has 0 amide bonds. The van der Waals surface area contributed by atoms with Gasteiger partial charge in [-0.05, 0) is 38.3 Å². The highest BCUT2D eigenvalue weighted by Gasteiger charge is 2.31. The number of nitrogens with zero attached hydrogens (tertiary/aromatic N) is 2. The molecule has 0 aromatic heterocycles. The van der Waals surface area contributed by atoms with Gasteiger partial charge in [-0.3, -0.25) is 0 Å². The summed E-state index contributed by atoms with van der Waals surface area (Å²) in [5.74, 6) is 0. The van der Waals surface area contributed by atoms with Crippen molar-refractivity contribution in [2.24, 2.45) is 0 Å². The second kappa shape index (κ2) is 4.98. The fraction of sp³-hybridized carbons (Fsp3) is 0.500. The Kier molecular flexibility index (Phi) is 3.59. The molecule has 3 heteroatoms. The summed E-state index contributed by atoms with van der Waals surface area (Å²) in [5.41, 5.74) is 1.61.